The summed E-state index contributed by atoms with van der Waals surface area (Å²) in [6.07, 6.45) is 2.09. The normalized spacial score (nSPS) is 16.3. The number of anilines is 1. The average molecular weight is 403 g/mol. The van der Waals surface area contributed by atoms with Gasteiger partial charge in [0.25, 0.3) is 0 Å². The molecule has 30 heavy (non-hydrogen) atoms. The van der Waals surface area contributed by atoms with Crippen molar-refractivity contribution in [1.82, 2.24) is 20.1 Å². The zero-order valence-corrected chi connectivity index (χ0v) is 17.0. The van der Waals surface area contributed by atoms with Crippen molar-refractivity contribution in [1.29, 1.82) is 0 Å². The van der Waals surface area contributed by atoms with Crippen LogP contribution in [0.15, 0.2) is 54.6 Å². The van der Waals surface area contributed by atoms with E-state index in [1.165, 1.54) is 0 Å². The van der Waals surface area contributed by atoms with Crippen LogP contribution in [0, 0.1) is 5.92 Å². The molecule has 1 atom stereocenters. The maximum atomic E-state index is 12.9. The molecule has 1 fully saturated rings. The zero-order valence-electron chi connectivity index (χ0n) is 17.0. The summed E-state index contributed by atoms with van der Waals surface area (Å²) in [6.45, 7) is 3.05. The summed E-state index contributed by atoms with van der Waals surface area (Å²) in [5, 5.41) is 10.3. The Morgan fingerprint density at radius 3 is 2.70 bits per heavy atom. The van der Waals surface area contributed by atoms with E-state index in [1.54, 1.807) is 4.90 Å². The predicted octanol–water partition coefficient (Wildman–Crippen LogP) is 3.73. The number of piperidine rings is 1. The van der Waals surface area contributed by atoms with Gasteiger partial charge in [0.2, 0.25) is 11.8 Å². The Bertz CT molecular complexity index is 1030. The quantitative estimate of drug-likeness (QED) is 0.679. The molecule has 154 valence electrons. The van der Waals surface area contributed by atoms with Crippen molar-refractivity contribution in [3.63, 3.8) is 0 Å². The summed E-state index contributed by atoms with van der Waals surface area (Å²) in [6, 6.07) is 17.3. The van der Waals surface area contributed by atoms with Gasteiger partial charge in [-0.1, -0.05) is 49.4 Å². The van der Waals surface area contributed by atoms with Crippen molar-refractivity contribution in [3.05, 3.63) is 54.6 Å². The van der Waals surface area contributed by atoms with E-state index in [2.05, 4.69) is 20.5 Å². The summed E-state index contributed by atoms with van der Waals surface area (Å²) >= 11 is 0. The van der Waals surface area contributed by atoms with Crippen LogP contribution < -0.4 is 5.32 Å². The Morgan fingerprint density at radius 1 is 1.13 bits per heavy atom. The minimum atomic E-state index is -0.211. The fourth-order valence-electron chi connectivity index (χ4n) is 3.77. The molecule has 2 heterocycles. The van der Waals surface area contributed by atoms with Crippen LogP contribution in [0.4, 0.5) is 5.69 Å². The van der Waals surface area contributed by atoms with Crippen molar-refractivity contribution in [2.24, 2.45) is 5.92 Å². The highest BCUT2D eigenvalue weighted by atomic mass is 16.2. The van der Waals surface area contributed by atoms with E-state index in [0.29, 0.717) is 30.3 Å². The molecule has 0 saturated carbocycles. The molecule has 1 saturated heterocycles. The predicted molar refractivity (Wildman–Crippen MR) is 115 cm³/mol. The number of H-pyrrole nitrogens is 1. The van der Waals surface area contributed by atoms with E-state index in [4.69, 9.17) is 0 Å². The van der Waals surface area contributed by atoms with Gasteiger partial charge in [0, 0.05) is 30.6 Å². The number of amides is 2. The molecule has 1 aliphatic heterocycles. The first-order valence-electron chi connectivity index (χ1n) is 10.3. The second-order valence-corrected chi connectivity index (χ2v) is 7.44. The lowest BCUT2D eigenvalue weighted by Crippen LogP contribution is -2.43. The molecule has 1 aromatic heterocycles. The average Bonchev–Trinajstić information content (AvgIpc) is 3.29. The zero-order chi connectivity index (χ0) is 20.9. The molecule has 7 nitrogen and oxygen atoms in total. The Hall–Kier alpha value is -3.48. The Morgan fingerprint density at radius 2 is 1.90 bits per heavy atom. The molecule has 0 spiro atoms. The van der Waals surface area contributed by atoms with E-state index in [-0.39, 0.29) is 17.7 Å². The summed E-state index contributed by atoms with van der Waals surface area (Å²) < 4.78 is 0. The van der Waals surface area contributed by atoms with Crippen LogP contribution in [0.1, 0.15) is 26.2 Å². The van der Waals surface area contributed by atoms with Crippen LogP contribution in [-0.4, -0.2) is 45.0 Å². The minimum Gasteiger partial charge on any atom is -0.342 e. The Balaban J connectivity index is 1.52. The molecular formula is C23H25N5O2. The highest BCUT2D eigenvalue weighted by Gasteiger charge is 2.28. The van der Waals surface area contributed by atoms with Gasteiger partial charge in [-0.15, -0.1) is 0 Å². The number of carbonyl (C=O) groups excluding carboxylic acids is 2. The van der Waals surface area contributed by atoms with E-state index >= 15 is 0 Å². The second-order valence-electron chi connectivity index (χ2n) is 7.44. The summed E-state index contributed by atoms with van der Waals surface area (Å²) in [5.74, 6) is 1.02. The molecular weight excluding hydrogens is 378 g/mol. The van der Waals surface area contributed by atoms with Crippen LogP contribution in [-0.2, 0) is 9.59 Å². The molecule has 2 amide bonds. The molecule has 2 N–H and O–H groups in total. The van der Waals surface area contributed by atoms with Crippen molar-refractivity contribution in [3.8, 4) is 22.8 Å². The van der Waals surface area contributed by atoms with Gasteiger partial charge in [-0.05, 0) is 25.0 Å². The summed E-state index contributed by atoms with van der Waals surface area (Å²) in [4.78, 5) is 31.4. The maximum Gasteiger partial charge on any atom is 0.229 e. The number of hydrogen-bond acceptors (Lipinski definition) is 4. The first-order valence-corrected chi connectivity index (χ1v) is 10.3. The Labute approximate surface area is 175 Å². The number of aromatic nitrogens is 3. The van der Waals surface area contributed by atoms with Crippen LogP contribution in [0.25, 0.3) is 22.8 Å². The van der Waals surface area contributed by atoms with Crippen LogP contribution in [0.2, 0.25) is 0 Å². The monoisotopic (exact) mass is 403 g/mol. The van der Waals surface area contributed by atoms with Crippen LogP contribution in [0.5, 0.6) is 0 Å². The van der Waals surface area contributed by atoms with Crippen molar-refractivity contribution in [2.45, 2.75) is 26.2 Å². The number of likely N-dealkylation sites (tertiary alicyclic amines) is 1. The number of aromatic amines is 1. The van der Waals surface area contributed by atoms with Gasteiger partial charge in [-0.3, -0.25) is 14.7 Å². The fourth-order valence-corrected chi connectivity index (χ4v) is 3.77. The molecule has 0 aliphatic carbocycles. The number of nitrogens with one attached hydrogen (secondary N) is 2. The summed E-state index contributed by atoms with van der Waals surface area (Å²) in [5.41, 5.74) is 2.37. The topological polar surface area (TPSA) is 91.0 Å². The second kappa shape index (κ2) is 8.90. The number of nitrogens with zero attached hydrogens (tertiary/aromatic N) is 3. The molecule has 3 aromatic rings. The third-order valence-electron chi connectivity index (χ3n) is 5.40. The minimum absolute atomic E-state index is 0.0705. The molecule has 1 aliphatic rings. The van der Waals surface area contributed by atoms with Gasteiger partial charge < -0.3 is 10.2 Å². The van der Waals surface area contributed by atoms with Crippen LogP contribution >= 0.6 is 0 Å². The molecule has 0 bridgehead atoms. The van der Waals surface area contributed by atoms with Gasteiger partial charge >= 0.3 is 0 Å². The van der Waals surface area contributed by atoms with E-state index < -0.39 is 0 Å². The van der Waals surface area contributed by atoms with Crippen LogP contribution in [0.3, 0.4) is 0 Å². The smallest absolute Gasteiger partial charge is 0.229 e. The van der Waals surface area contributed by atoms with Crippen molar-refractivity contribution < 1.29 is 9.59 Å². The number of rotatable bonds is 5. The van der Waals surface area contributed by atoms with Gasteiger partial charge in [0.15, 0.2) is 11.6 Å². The first kappa shape index (κ1) is 19.8. The third kappa shape index (κ3) is 4.25. The fraction of sp³-hybridized carbons (Fsp3) is 0.304. The SMILES string of the molecule is CCC(=O)N1CCCC(C(=O)Nc2ccccc2-c2nc(-c3ccccc3)n[nH]2)C1. The van der Waals surface area contributed by atoms with Crippen molar-refractivity contribution >= 4 is 17.5 Å². The van der Waals surface area contributed by atoms with E-state index in [9.17, 15) is 9.59 Å². The number of benzene rings is 2. The Kier molecular flexibility index (Phi) is 5.88. The lowest BCUT2D eigenvalue weighted by molar-refractivity contribution is -0.134. The molecule has 0 radical (unpaired) electrons. The lowest BCUT2D eigenvalue weighted by atomic mass is 9.96. The highest BCUT2D eigenvalue weighted by Crippen LogP contribution is 2.28. The van der Waals surface area contributed by atoms with E-state index in [0.717, 1.165) is 30.5 Å². The molecule has 2 aromatic carbocycles. The van der Waals surface area contributed by atoms with Crippen molar-refractivity contribution in [2.75, 3.05) is 18.4 Å². The maximum absolute atomic E-state index is 12.9. The van der Waals surface area contributed by atoms with Gasteiger partial charge in [-0.25, -0.2) is 4.98 Å². The van der Waals surface area contributed by atoms with Gasteiger partial charge in [0.1, 0.15) is 0 Å². The number of para-hydroxylation sites is 1. The van der Waals surface area contributed by atoms with Gasteiger partial charge in [-0.2, -0.15) is 5.10 Å². The van der Waals surface area contributed by atoms with E-state index in [1.807, 2.05) is 61.5 Å². The first-order chi connectivity index (χ1) is 14.7. The standard InChI is InChI=1S/C23H25N5O2/c1-2-20(29)28-14-8-11-17(15-28)23(30)24-19-13-7-6-12-18(19)22-25-21(26-27-22)16-9-4-3-5-10-16/h3-7,9-10,12-13,17H,2,8,11,14-15H2,1H3,(H,24,30)(H,25,26,27). The molecule has 1 unspecified atom stereocenters. The largest absolute Gasteiger partial charge is 0.342 e. The third-order valence-corrected chi connectivity index (χ3v) is 5.40. The van der Waals surface area contributed by atoms with Gasteiger partial charge in [0.05, 0.1) is 11.6 Å². The number of carbonyl (C=O) groups is 2. The molecule has 4 rings (SSSR count). The summed E-state index contributed by atoms with van der Waals surface area (Å²) in [7, 11) is 0. The lowest BCUT2D eigenvalue weighted by Gasteiger charge is -2.32. The number of hydrogen-bond donors (Lipinski definition) is 2. The highest BCUT2D eigenvalue weighted by molar-refractivity contribution is 5.96. The molecule has 7 heteroatoms.